The van der Waals surface area contributed by atoms with Gasteiger partial charge in [0.2, 0.25) is 5.91 Å². The predicted molar refractivity (Wildman–Crippen MR) is 66.9 cm³/mol. The number of amides is 1. The molecule has 16 heavy (non-hydrogen) atoms. The van der Waals surface area contributed by atoms with Gasteiger partial charge in [-0.3, -0.25) is 4.79 Å². The smallest absolute Gasteiger partial charge is 0.223 e. The van der Waals surface area contributed by atoms with E-state index in [1.807, 2.05) is 0 Å². The third-order valence-corrected chi connectivity index (χ3v) is 2.92. The summed E-state index contributed by atoms with van der Waals surface area (Å²) in [7, 11) is 1.67. The van der Waals surface area contributed by atoms with Gasteiger partial charge in [0.1, 0.15) is 0 Å². The Morgan fingerprint density at radius 2 is 2.12 bits per heavy atom. The molecular formula is C11H23ClN2O2. The Labute approximate surface area is 104 Å². The normalized spacial score (nSPS) is 18.6. The zero-order chi connectivity index (χ0) is 11.1. The number of carbonyl (C=O) groups excluding carboxylic acids is 1. The van der Waals surface area contributed by atoms with Crippen LogP contribution in [-0.4, -0.2) is 38.8 Å². The van der Waals surface area contributed by atoms with Crippen molar-refractivity contribution in [1.29, 1.82) is 0 Å². The van der Waals surface area contributed by atoms with Gasteiger partial charge in [-0.15, -0.1) is 12.4 Å². The number of halogens is 1. The molecule has 1 rings (SSSR count). The largest absolute Gasteiger partial charge is 0.383 e. The number of methoxy groups -OCH3 is 1. The number of carbonyl (C=O) groups is 1. The number of rotatable bonds is 5. The van der Waals surface area contributed by atoms with Crippen LogP contribution in [0.25, 0.3) is 0 Å². The molecule has 1 saturated heterocycles. The molecule has 2 N–H and O–H groups in total. The Balaban J connectivity index is 0.00000225. The number of ether oxygens (including phenoxy) is 1. The second-order valence-electron chi connectivity index (χ2n) is 4.09. The van der Waals surface area contributed by atoms with E-state index in [-0.39, 0.29) is 30.3 Å². The van der Waals surface area contributed by atoms with Crippen molar-refractivity contribution in [3.8, 4) is 0 Å². The van der Waals surface area contributed by atoms with Crippen LogP contribution in [0, 0.1) is 5.92 Å². The Kier molecular flexibility index (Phi) is 8.61. The van der Waals surface area contributed by atoms with Crippen molar-refractivity contribution in [3.63, 3.8) is 0 Å². The van der Waals surface area contributed by atoms with Crippen molar-refractivity contribution in [2.45, 2.75) is 32.2 Å². The number of piperidine rings is 1. The highest BCUT2D eigenvalue weighted by atomic mass is 35.5. The van der Waals surface area contributed by atoms with Gasteiger partial charge in [0.05, 0.1) is 12.6 Å². The van der Waals surface area contributed by atoms with Crippen molar-refractivity contribution < 1.29 is 9.53 Å². The lowest BCUT2D eigenvalue weighted by Crippen LogP contribution is -2.44. The Hall–Kier alpha value is -0.320. The van der Waals surface area contributed by atoms with Gasteiger partial charge < -0.3 is 15.4 Å². The van der Waals surface area contributed by atoms with Crippen LogP contribution in [0.5, 0.6) is 0 Å². The average molecular weight is 251 g/mol. The first kappa shape index (κ1) is 15.7. The second-order valence-corrected chi connectivity index (χ2v) is 4.09. The van der Waals surface area contributed by atoms with Gasteiger partial charge in [0.15, 0.2) is 0 Å². The molecule has 1 aliphatic rings. The van der Waals surface area contributed by atoms with E-state index in [2.05, 4.69) is 17.6 Å². The van der Waals surface area contributed by atoms with Crippen LogP contribution in [0.3, 0.4) is 0 Å². The Bertz CT molecular complexity index is 196. The van der Waals surface area contributed by atoms with Crippen LogP contribution >= 0.6 is 12.4 Å². The SMILES string of the molecule is CCC(COC)NC(=O)C1CCNCC1.Cl. The van der Waals surface area contributed by atoms with Gasteiger partial charge in [-0.2, -0.15) is 0 Å². The van der Waals surface area contributed by atoms with Crippen LogP contribution < -0.4 is 10.6 Å². The van der Waals surface area contributed by atoms with Crippen LogP contribution in [0.15, 0.2) is 0 Å². The van der Waals surface area contributed by atoms with Crippen molar-refractivity contribution in [2.24, 2.45) is 5.92 Å². The fourth-order valence-electron chi connectivity index (χ4n) is 1.87. The fourth-order valence-corrected chi connectivity index (χ4v) is 1.87. The lowest BCUT2D eigenvalue weighted by Gasteiger charge is -2.24. The molecule has 1 atom stereocenters. The molecule has 1 fully saturated rings. The molecule has 4 nitrogen and oxygen atoms in total. The summed E-state index contributed by atoms with van der Waals surface area (Å²) in [5.74, 6) is 0.387. The van der Waals surface area contributed by atoms with Crippen molar-refractivity contribution >= 4 is 18.3 Å². The summed E-state index contributed by atoms with van der Waals surface area (Å²) in [5.41, 5.74) is 0. The van der Waals surface area contributed by atoms with E-state index in [0.717, 1.165) is 32.4 Å². The molecule has 5 heteroatoms. The van der Waals surface area contributed by atoms with Gasteiger partial charge in [0, 0.05) is 13.0 Å². The van der Waals surface area contributed by atoms with E-state index in [1.165, 1.54) is 0 Å². The van der Waals surface area contributed by atoms with Crippen molar-refractivity contribution in [2.75, 3.05) is 26.8 Å². The molecule has 0 radical (unpaired) electrons. The maximum Gasteiger partial charge on any atom is 0.223 e. The maximum atomic E-state index is 11.8. The Morgan fingerprint density at radius 1 is 1.50 bits per heavy atom. The molecule has 0 bridgehead atoms. The van der Waals surface area contributed by atoms with E-state index >= 15 is 0 Å². The standard InChI is InChI=1S/C11H22N2O2.ClH/c1-3-10(8-15-2)13-11(14)9-4-6-12-7-5-9;/h9-10,12H,3-8H2,1-2H3,(H,13,14);1H. The summed E-state index contributed by atoms with van der Waals surface area (Å²) >= 11 is 0. The number of hydrogen-bond acceptors (Lipinski definition) is 3. The summed E-state index contributed by atoms with van der Waals surface area (Å²) in [6, 6.07) is 0.164. The minimum Gasteiger partial charge on any atom is -0.383 e. The molecule has 0 aliphatic carbocycles. The lowest BCUT2D eigenvalue weighted by atomic mass is 9.97. The summed E-state index contributed by atoms with van der Waals surface area (Å²) in [6.45, 7) is 4.58. The van der Waals surface area contributed by atoms with E-state index in [0.29, 0.717) is 6.61 Å². The van der Waals surface area contributed by atoms with Crippen molar-refractivity contribution in [3.05, 3.63) is 0 Å². The Morgan fingerprint density at radius 3 is 2.62 bits per heavy atom. The van der Waals surface area contributed by atoms with Gasteiger partial charge in [-0.05, 0) is 32.4 Å². The van der Waals surface area contributed by atoms with E-state index in [9.17, 15) is 4.79 Å². The minimum atomic E-state index is 0. The molecule has 1 amide bonds. The molecule has 0 aromatic heterocycles. The summed E-state index contributed by atoms with van der Waals surface area (Å²) in [5, 5.41) is 6.30. The first-order chi connectivity index (χ1) is 7.27. The zero-order valence-electron chi connectivity index (χ0n) is 10.1. The van der Waals surface area contributed by atoms with Crippen LogP contribution in [0.1, 0.15) is 26.2 Å². The van der Waals surface area contributed by atoms with Crippen LogP contribution in [0.4, 0.5) is 0 Å². The molecule has 1 heterocycles. The highest BCUT2D eigenvalue weighted by molar-refractivity contribution is 5.85. The lowest BCUT2D eigenvalue weighted by molar-refractivity contribution is -0.126. The second kappa shape index (κ2) is 8.79. The topological polar surface area (TPSA) is 50.4 Å². The first-order valence-corrected chi connectivity index (χ1v) is 5.78. The average Bonchev–Trinajstić information content (AvgIpc) is 2.29. The van der Waals surface area contributed by atoms with E-state index in [1.54, 1.807) is 7.11 Å². The molecule has 0 aromatic rings. The molecule has 1 aliphatic heterocycles. The maximum absolute atomic E-state index is 11.8. The molecule has 96 valence electrons. The van der Waals surface area contributed by atoms with Gasteiger partial charge in [0.25, 0.3) is 0 Å². The monoisotopic (exact) mass is 250 g/mol. The van der Waals surface area contributed by atoms with E-state index < -0.39 is 0 Å². The fraction of sp³-hybridized carbons (Fsp3) is 0.909. The van der Waals surface area contributed by atoms with Gasteiger partial charge in [-0.1, -0.05) is 6.92 Å². The third kappa shape index (κ3) is 5.14. The highest BCUT2D eigenvalue weighted by Crippen LogP contribution is 2.11. The van der Waals surface area contributed by atoms with Crippen molar-refractivity contribution in [1.82, 2.24) is 10.6 Å². The summed E-state index contributed by atoms with van der Waals surface area (Å²) in [6.07, 6.45) is 2.83. The summed E-state index contributed by atoms with van der Waals surface area (Å²) in [4.78, 5) is 11.8. The molecule has 0 aromatic carbocycles. The zero-order valence-corrected chi connectivity index (χ0v) is 10.9. The molecule has 0 spiro atoms. The quantitative estimate of drug-likeness (QED) is 0.764. The third-order valence-electron chi connectivity index (χ3n) is 2.92. The van der Waals surface area contributed by atoms with Crippen LogP contribution in [-0.2, 0) is 9.53 Å². The number of hydrogen-bond donors (Lipinski definition) is 2. The van der Waals surface area contributed by atoms with Gasteiger partial charge >= 0.3 is 0 Å². The molecular weight excluding hydrogens is 228 g/mol. The predicted octanol–water partition coefficient (Wildman–Crippen LogP) is 0.949. The van der Waals surface area contributed by atoms with Crippen LogP contribution in [0.2, 0.25) is 0 Å². The minimum absolute atomic E-state index is 0. The first-order valence-electron chi connectivity index (χ1n) is 5.78. The molecule has 0 saturated carbocycles. The van der Waals surface area contributed by atoms with E-state index in [4.69, 9.17) is 4.74 Å². The van der Waals surface area contributed by atoms with Gasteiger partial charge in [-0.25, -0.2) is 0 Å². The highest BCUT2D eigenvalue weighted by Gasteiger charge is 2.22. The summed E-state index contributed by atoms with van der Waals surface area (Å²) < 4.78 is 5.06. The molecule has 1 unspecified atom stereocenters. The number of nitrogens with one attached hydrogen (secondary N) is 2.